The standard InChI is InChI=1S/C22H25F3N2O3/c23-22(24,25)18-4-2-1-3-16(18)19-17(20(30-27-19)14-5-6-14)13-28-15-11-21(29-12-15)7-9-26-10-8-21/h1-4,14-15,26H,5-13H2. The van der Waals surface area contributed by atoms with Gasteiger partial charge in [0.2, 0.25) is 0 Å². The van der Waals surface area contributed by atoms with Crippen LogP contribution >= 0.6 is 0 Å². The molecule has 0 radical (unpaired) electrons. The largest absolute Gasteiger partial charge is 0.417 e. The summed E-state index contributed by atoms with van der Waals surface area (Å²) in [5.74, 6) is 0.885. The third-order valence-electron chi connectivity index (χ3n) is 6.41. The molecule has 1 aliphatic carbocycles. The van der Waals surface area contributed by atoms with E-state index in [9.17, 15) is 13.2 Å². The number of hydrogen-bond acceptors (Lipinski definition) is 5. The molecule has 1 aromatic heterocycles. The van der Waals surface area contributed by atoms with Crippen molar-refractivity contribution in [2.24, 2.45) is 0 Å². The number of ether oxygens (including phenoxy) is 2. The van der Waals surface area contributed by atoms with Crippen LogP contribution in [0.5, 0.6) is 0 Å². The van der Waals surface area contributed by atoms with Crippen LogP contribution in [0.25, 0.3) is 11.3 Å². The smallest absolute Gasteiger partial charge is 0.372 e. The van der Waals surface area contributed by atoms with E-state index in [2.05, 4.69) is 10.5 Å². The van der Waals surface area contributed by atoms with Crippen LogP contribution in [-0.2, 0) is 22.3 Å². The minimum atomic E-state index is -4.46. The van der Waals surface area contributed by atoms with Gasteiger partial charge in [-0.25, -0.2) is 0 Å². The van der Waals surface area contributed by atoms with Crippen molar-refractivity contribution in [3.05, 3.63) is 41.2 Å². The summed E-state index contributed by atoms with van der Waals surface area (Å²) in [7, 11) is 0. The van der Waals surface area contributed by atoms with Gasteiger partial charge in [-0.3, -0.25) is 0 Å². The van der Waals surface area contributed by atoms with E-state index in [0.717, 1.165) is 51.3 Å². The van der Waals surface area contributed by atoms with Crippen molar-refractivity contribution in [3.63, 3.8) is 0 Å². The van der Waals surface area contributed by atoms with E-state index >= 15 is 0 Å². The van der Waals surface area contributed by atoms with Crippen LogP contribution in [0.1, 0.15) is 54.9 Å². The summed E-state index contributed by atoms with van der Waals surface area (Å²) in [4.78, 5) is 0. The maximum absolute atomic E-state index is 13.6. The highest BCUT2D eigenvalue weighted by atomic mass is 19.4. The Labute approximate surface area is 172 Å². The predicted octanol–water partition coefficient (Wildman–Crippen LogP) is 4.67. The number of halogens is 3. The Morgan fingerprint density at radius 3 is 2.67 bits per heavy atom. The molecule has 2 aliphatic heterocycles. The maximum Gasteiger partial charge on any atom is 0.417 e. The monoisotopic (exact) mass is 422 g/mol. The SMILES string of the molecule is FC(F)(F)c1ccccc1-c1noc(C2CC2)c1COC1COC2(CCNCC2)C1. The first-order valence-corrected chi connectivity index (χ1v) is 10.6. The second-order valence-corrected chi connectivity index (χ2v) is 8.57. The average Bonchev–Trinajstić information content (AvgIpc) is 3.38. The van der Waals surface area contributed by atoms with Gasteiger partial charge in [0, 0.05) is 23.5 Å². The van der Waals surface area contributed by atoms with Crippen molar-refractivity contribution < 1.29 is 27.2 Å². The summed E-state index contributed by atoms with van der Waals surface area (Å²) in [6, 6.07) is 5.51. The first-order chi connectivity index (χ1) is 14.5. The topological polar surface area (TPSA) is 56.5 Å². The maximum atomic E-state index is 13.6. The lowest BCUT2D eigenvalue weighted by atomic mass is 9.89. The minimum Gasteiger partial charge on any atom is -0.372 e. The molecule has 3 fully saturated rings. The lowest BCUT2D eigenvalue weighted by Crippen LogP contribution is -2.41. The van der Waals surface area contributed by atoms with Gasteiger partial charge in [0.25, 0.3) is 0 Å². The summed E-state index contributed by atoms with van der Waals surface area (Å²) < 4.78 is 58.5. The number of piperidine rings is 1. The molecule has 1 saturated carbocycles. The third kappa shape index (κ3) is 3.88. The Hall–Kier alpha value is -1.90. The lowest BCUT2D eigenvalue weighted by molar-refractivity contribution is -0.137. The highest BCUT2D eigenvalue weighted by Crippen LogP contribution is 2.46. The fourth-order valence-corrected chi connectivity index (χ4v) is 4.62. The van der Waals surface area contributed by atoms with Crippen molar-refractivity contribution in [2.45, 2.75) is 62.5 Å². The average molecular weight is 422 g/mol. The van der Waals surface area contributed by atoms with Gasteiger partial charge >= 0.3 is 6.18 Å². The number of aromatic nitrogens is 1. The van der Waals surface area contributed by atoms with Crippen molar-refractivity contribution >= 4 is 0 Å². The van der Waals surface area contributed by atoms with Crippen LogP contribution in [0.2, 0.25) is 0 Å². The van der Waals surface area contributed by atoms with E-state index in [1.807, 2.05) is 0 Å². The molecule has 1 N–H and O–H groups in total. The second-order valence-electron chi connectivity index (χ2n) is 8.57. The van der Waals surface area contributed by atoms with Crippen LogP contribution in [0.15, 0.2) is 28.8 Å². The lowest BCUT2D eigenvalue weighted by Gasteiger charge is -2.32. The number of nitrogens with zero attached hydrogens (tertiary/aromatic N) is 1. The van der Waals surface area contributed by atoms with Crippen LogP contribution in [0.4, 0.5) is 13.2 Å². The number of alkyl halides is 3. The molecule has 3 aliphatic rings. The Bertz CT molecular complexity index is 901. The highest BCUT2D eigenvalue weighted by molar-refractivity contribution is 5.68. The molecule has 1 atom stereocenters. The fraction of sp³-hybridized carbons (Fsp3) is 0.591. The summed E-state index contributed by atoms with van der Waals surface area (Å²) in [6.07, 6.45) is 0.114. The van der Waals surface area contributed by atoms with Crippen LogP contribution in [-0.4, -0.2) is 36.6 Å². The van der Waals surface area contributed by atoms with E-state index in [1.165, 1.54) is 12.1 Å². The molecule has 2 aromatic rings. The van der Waals surface area contributed by atoms with Gasteiger partial charge in [0.15, 0.2) is 0 Å². The molecule has 5 rings (SSSR count). The van der Waals surface area contributed by atoms with Crippen LogP contribution in [0.3, 0.4) is 0 Å². The molecule has 0 bridgehead atoms. The minimum absolute atomic E-state index is 0.0387. The van der Waals surface area contributed by atoms with Gasteiger partial charge in [-0.1, -0.05) is 23.4 Å². The Morgan fingerprint density at radius 1 is 1.17 bits per heavy atom. The number of rotatable bonds is 5. The highest BCUT2D eigenvalue weighted by Gasteiger charge is 2.42. The van der Waals surface area contributed by atoms with E-state index in [1.54, 1.807) is 6.07 Å². The van der Waals surface area contributed by atoms with Crippen molar-refractivity contribution in [1.82, 2.24) is 10.5 Å². The molecule has 5 nitrogen and oxygen atoms in total. The molecule has 1 aromatic carbocycles. The van der Waals surface area contributed by atoms with Gasteiger partial charge in [-0.05, 0) is 44.8 Å². The first-order valence-electron chi connectivity index (χ1n) is 10.6. The molecule has 30 heavy (non-hydrogen) atoms. The van der Waals surface area contributed by atoms with Crippen molar-refractivity contribution in [1.29, 1.82) is 0 Å². The van der Waals surface area contributed by atoms with Gasteiger partial charge in [0.05, 0.1) is 30.5 Å². The first kappa shape index (κ1) is 20.0. The molecule has 1 spiro atoms. The number of hydrogen-bond donors (Lipinski definition) is 1. The van der Waals surface area contributed by atoms with Crippen LogP contribution in [0, 0.1) is 0 Å². The molecule has 0 amide bonds. The summed E-state index contributed by atoms with van der Waals surface area (Å²) >= 11 is 0. The van der Waals surface area contributed by atoms with Crippen LogP contribution < -0.4 is 5.32 Å². The van der Waals surface area contributed by atoms with E-state index in [4.69, 9.17) is 14.0 Å². The molecule has 2 saturated heterocycles. The summed E-state index contributed by atoms with van der Waals surface area (Å²) in [5, 5.41) is 7.40. The van der Waals surface area contributed by atoms with E-state index in [-0.39, 0.29) is 35.5 Å². The van der Waals surface area contributed by atoms with Gasteiger partial charge < -0.3 is 19.3 Å². The van der Waals surface area contributed by atoms with E-state index in [0.29, 0.717) is 17.9 Å². The van der Waals surface area contributed by atoms with Crippen molar-refractivity contribution in [2.75, 3.05) is 19.7 Å². The number of benzene rings is 1. The molecular weight excluding hydrogens is 397 g/mol. The Morgan fingerprint density at radius 2 is 1.93 bits per heavy atom. The third-order valence-corrected chi connectivity index (χ3v) is 6.41. The molecular formula is C22H25F3N2O3. The molecule has 1 unspecified atom stereocenters. The zero-order valence-corrected chi connectivity index (χ0v) is 16.6. The van der Waals surface area contributed by atoms with E-state index < -0.39 is 11.7 Å². The molecule has 8 heteroatoms. The molecule has 3 heterocycles. The normalized spacial score (nSPS) is 23.9. The quantitative estimate of drug-likeness (QED) is 0.759. The van der Waals surface area contributed by atoms with Crippen molar-refractivity contribution in [3.8, 4) is 11.3 Å². The second kappa shape index (κ2) is 7.66. The number of nitrogens with one attached hydrogen (secondary N) is 1. The van der Waals surface area contributed by atoms with Gasteiger partial charge in [0.1, 0.15) is 11.5 Å². The Balaban J connectivity index is 1.39. The Kier molecular flexibility index (Phi) is 5.11. The molecule has 162 valence electrons. The van der Waals surface area contributed by atoms with Gasteiger partial charge in [-0.15, -0.1) is 0 Å². The fourth-order valence-electron chi connectivity index (χ4n) is 4.62. The predicted molar refractivity (Wildman–Crippen MR) is 103 cm³/mol. The van der Waals surface area contributed by atoms with Gasteiger partial charge in [-0.2, -0.15) is 13.2 Å². The zero-order chi connectivity index (χ0) is 20.8. The zero-order valence-electron chi connectivity index (χ0n) is 16.6. The summed E-state index contributed by atoms with van der Waals surface area (Å²) in [5.41, 5.74) is 0.0765. The summed E-state index contributed by atoms with van der Waals surface area (Å²) in [6.45, 7) is 2.56.